The molecule has 1 N–H and O–H groups in total. The summed E-state index contributed by atoms with van der Waals surface area (Å²) in [6.07, 6.45) is 1.43. The van der Waals surface area contributed by atoms with E-state index >= 15 is 0 Å². The molecular formula is C19H18FN5O3S. The molecule has 10 heteroatoms. The highest BCUT2D eigenvalue weighted by atomic mass is 32.2. The lowest BCUT2D eigenvalue weighted by Gasteiger charge is -2.06. The molecule has 0 aliphatic heterocycles. The molecule has 2 heterocycles. The van der Waals surface area contributed by atoms with Crippen molar-refractivity contribution in [3.8, 4) is 5.82 Å². The number of ether oxygens (including phenoxy) is 1. The van der Waals surface area contributed by atoms with Crippen molar-refractivity contribution in [1.29, 1.82) is 0 Å². The van der Waals surface area contributed by atoms with E-state index in [1.165, 1.54) is 46.9 Å². The molecule has 3 rings (SSSR count). The SMILES string of the molecule is CCOC(=O)c1cnn(-c2ccc(SCC(=O)Nc3ccc(F)cc3)nn2)c1C. The van der Waals surface area contributed by atoms with Gasteiger partial charge in [-0.2, -0.15) is 5.10 Å². The van der Waals surface area contributed by atoms with Crippen LogP contribution in [-0.4, -0.2) is 44.2 Å². The van der Waals surface area contributed by atoms with Gasteiger partial charge in [-0.15, -0.1) is 10.2 Å². The number of carbonyl (C=O) groups excluding carboxylic acids is 2. The van der Waals surface area contributed by atoms with Crippen LogP contribution < -0.4 is 5.32 Å². The Morgan fingerprint density at radius 2 is 1.93 bits per heavy atom. The monoisotopic (exact) mass is 415 g/mol. The number of nitrogens with one attached hydrogen (secondary N) is 1. The van der Waals surface area contributed by atoms with Crippen LogP contribution in [0.3, 0.4) is 0 Å². The van der Waals surface area contributed by atoms with Gasteiger partial charge in [0.15, 0.2) is 5.82 Å². The van der Waals surface area contributed by atoms with Crippen LogP contribution in [0.1, 0.15) is 23.0 Å². The van der Waals surface area contributed by atoms with Crippen LogP contribution in [0.5, 0.6) is 0 Å². The third kappa shape index (κ3) is 5.17. The highest BCUT2D eigenvalue weighted by Crippen LogP contribution is 2.18. The number of carbonyl (C=O) groups is 2. The zero-order valence-electron chi connectivity index (χ0n) is 15.8. The second kappa shape index (κ2) is 9.28. The van der Waals surface area contributed by atoms with E-state index in [1.807, 2.05) is 0 Å². The highest BCUT2D eigenvalue weighted by molar-refractivity contribution is 7.99. The standard InChI is InChI=1S/C19H18FN5O3S/c1-3-28-19(27)15-10-21-25(12(15)2)16-8-9-18(24-23-16)29-11-17(26)22-14-6-4-13(20)5-7-14/h4-10H,3,11H2,1-2H3,(H,22,26). The first-order valence-corrected chi connectivity index (χ1v) is 9.70. The number of hydrogen-bond donors (Lipinski definition) is 1. The van der Waals surface area contributed by atoms with Crippen LogP contribution in [0.25, 0.3) is 5.82 Å². The second-order valence-corrected chi connectivity index (χ2v) is 6.85. The van der Waals surface area contributed by atoms with Crippen molar-refractivity contribution in [1.82, 2.24) is 20.0 Å². The van der Waals surface area contributed by atoms with Gasteiger partial charge in [0.25, 0.3) is 0 Å². The van der Waals surface area contributed by atoms with Gasteiger partial charge in [0.2, 0.25) is 5.91 Å². The molecule has 0 fully saturated rings. The Hall–Kier alpha value is -3.27. The Morgan fingerprint density at radius 1 is 1.17 bits per heavy atom. The van der Waals surface area contributed by atoms with Crippen molar-refractivity contribution in [2.45, 2.75) is 18.9 Å². The Kier molecular flexibility index (Phi) is 6.55. The lowest BCUT2D eigenvalue weighted by Crippen LogP contribution is -2.14. The van der Waals surface area contributed by atoms with Crippen LogP contribution in [0.15, 0.2) is 47.6 Å². The fourth-order valence-corrected chi connectivity index (χ4v) is 3.04. The molecule has 0 saturated carbocycles. The Balaban J connectivity index is 1.60. The third-order valence-electron chi connectivity index (χ3n) is 3.83. The van der Waals surface area contributed by atoms with E-state index in [0.29, 0.717) is 27.8 Å². The topological polar surface area (TPSA) is 99.0 Å². The molecular weight excluding hydrogens is 397 g/mol. The van der Waals surface area contributed by atoms with Gasteiger partial charge in [-0.25, -0.2) is 13.9 Å². The molecule has 150 valence electrons. The highest BCUT2D eigenvalue weighted by Gasteiger charge is 2.17. The van der Waals surface area contributed by atoms with Crippen LogP contribution in [-0.2, 0) is 9.53 Å². The molecule has 3 aromatic rings. The average molecular weight is 415 g/mol. The van der Waals surface area contributed by atoms with Gasteiger partial charge >= 0.3 is 5.97 Å². The fraction of sp³-hybridized carbons (Fsp3) is 0.211. The molecule has 1 aromatic carbocycles. The predicted molar refractivity (Wildman–Crippen MR) is 106 cm³/mol. The number of aromatic nitrogens is 4. The van der Waals surface area contributed by atoms with E-state index in [-0.39, 0.29) is 24.1 Å². The van der Waals surface area contributed by atoms with Crippen LogP contribution >= 0.6 is 11.8 Å². The summed E-state index contributed by atoms with van der Waals surface area (Å²) in [6.45, 7) is 3.76. The second-order valence-electron chi connectivity index (χ2n) is 5.85. The van der Waals surface area contributed by atoms with E-state index in [0.717, 1.165) is 0 Å². The zero-order valence-corrected chi connectivity index (χ0v) is 16.6. The van der Waals surface area contributed by atoms with Gasteiger partial charge < -0.3 is 10.1 Å². The Labute approximate surface area is 170 Å². The lowest BCUT2D eigenvalue weighted by molar-refractivity contribution is -0.113. The van der Waals surface area contributed by atoms with Gasteiger partial charge in [-0.1, -0.05) is 11.8 Å². The third-order valence-corrected chi connectivity index (χ3v) is 4.75. The van der Waals surface area contributed by atoms with Crippen molar-refractivity contribution < 1.29 is 18.7 Å². The number of thioether (sulfide) groups is 1. The number of esters is 1. The minimum absolute atomic E-state index is 0.124. The minimum atomic E-state index is -0.441. The van der Waals surface area contributed by atoms with Crippen molar-refractivity contribution in [3.05, 3.63) is 59.7 Å². The summed E-state index contributed by atoms with van der Waals surface area (Å²) < 4.78 is 19.4. The van der Waals surface area contributed by atoms with Gasteiger partial charge in [0.1, 0.15) is 16.4 Å². The molecule has 0 aliphatic rings. The molecule has 0 bridgehead atoms. The summed E-state index contributed by atoms with van der Waals surface area (Å²) in [5.41, 5.74) is 1.48. The number of rotatable bonds is 7. The molecule has 0 aliphatic carbocycles. The van der Waals surface area contributed by atoms with Crippen molar-refractivity contribution in [2.75, 3.05) is 17.7 Å². The first-order valence-electron chi connectivity index (χ1n) is 8.72. The molecule has 0 saturated heterocycles. The number of anilines is 1. The van der Waals surface area contributed by atoms with Gasteiger partial charge in [0.05, 0.1) is 24.3 Å². The molecule has 0 radical (unpaired) electrons. The lowest BCUT2D eigenvalue weighted by atomic mass is 10.2. The van der Waals surface area contributed by atoms with Crippen molar-refractivity contribution >= 4 is 29.3 Å². The molecule has 0 unspecified atom stereocenters. The van der Waals surface area contributed by atoms with Gasteiger partial charge in [0, 0.05) is 5.69 Å². The molecule has 8 nitrogen and oxygen atoms in total. The summed E-state index contributed by atoms with van der Waals surface area (Å²) in [4.78, 5) is 23.9. The fourth-order valence-electron chi connectivity index (χ4n) is 2.42. The Bertz CT molecular complexity index is 1010. The molecule has 0 atom stereocenters. The van der Waals surface area contributed by atoms with E-state index in [2.05, 4.69) is 20.6 Å². The summed E-state index contributed by atoms with van der Waals surface area (Å²) in [5, 5.41) is 15.6. The molecule has 2 aromatic heterocycles. The first-order chi connectivity index (χ1) is 14.0. The van der Waals surface area contributed by atoms with Crippen molar-refractivity contribution in [3.63, 3.8) is 0 Å². The maximum Gasteiger partial charge on any atom is 0.341 e. The molecule has 1 amide bonds. The average Bonchev–Trinajstić information content (AvgIpc) is 3.10. The smallest absolute Gasteiger partial charge is 0.341 e. The van der Waals surface area contributed by atoms with Crippen LogP contribution in [0.2, 0.25) is 0 Å². The number of hydrogen-bond acceptors (Lipinski definition) is 7. The molecule has 29 heavy (non-hydrogen) atoms. The maximum atomic E-state index is 12.9. The van der Waals surface area contributed by atoms with Crippen LogP contribution in [0, 0.1) is 12.7 Å². The first kappa shape index (κ1) is 20.5. The van der Waals surface area contributed by atoms with E-state index < -0.39 is 5.97 Å². The number of benzene rings is 1. The van der Waals surface area contributed by atoms with E-state index in [1.54, 1.807) is 26.0 Å². The normalized spacial score (nSPS) is 10.6. The van der Waals surface area contributed by atoms with Gasteiger partial charge in [-0.05, 0) is 50.2 Å². The van der Waals surface area contributed by atoms with Crippen molar-refractivity contribution in [2.24, 2.45) is 0 Å². The minimum Gasteiger partial charge on any atom is -0.462 e. The van der Waals surface area contributed by atoms with E-state index in [9.17, 15) is 14.0 Å². The number of amides is 1. The van der Waals surface area contributed by atoms with Gasteiger partial charge in [-0.3, -0.25) is 4.79 Å². The zero-order chi connectivity index (χ0) is 20.8. The van der Waals surface area contributed by atoms with Crippen LogP contribution in [0.4, 0.5) is 10.1 Å². The maximum absolute atomic E-state index is 12.9. The number of halogens is 1. The summed E-state index contributed by atoms with van der Waals surface area (Å²) in [7, 11) is 0. The van der Waals surface area contributed by atoms with E-state index in [4.69, 9.17) is 4.74 Å². The quantitative estimate of drug-likeness (QED) is 0.468. The number of nitrogens with zero attached hydrogens (tertiary/aromatic N) is 4. The predicted octanol–water partition coefficient (Wildman–Crippen LogP) is 3.02. The molecule has 0 spiro atoms. The summed E-state index contributed by atoms with van der Waals surface area (Å²) in [6, 6.07) is 8.94. The summed E-state index contributed by atoms with van der Waals surface area (Å²) >= 11 is 1.21. The largest absolute Gasteiger partial charge is 0.462 e. The summed E-state index contributed by atoms with van der Waals surface area (Å²) in [5.74, 6) is -0.482. The Morgan fingerprint density at radius 3 is 2.59 bits per heavy atom.